The number of halogens is 1. The Balaban J connectivity index is 1.72. The molecule has 1 aliphatic heterocycles. The van der Waals surface area contributed by atoms with Gasteiger partial charge in [0.25, 0.3) is 5.91 Å². The largest absolute Gasteiger partial charge is 0.365 e. The first-order chi connectivity index (χ1) is 12.0. The molecule has 3 N–H and O–H groups in total. The van der Waals surface area contributed by atoms with E-state index in [0.717, 1.165) is 19.3 Å². The Morgan fingerprint density at radius 1 is 1.44 bits per heavy atom. The molecule has 1 saturated heterocycles. The first kappa shape index (κ1) is 17.7. The second-order valence-electron chi connectivity index (χ2n) is 6.54. The Bertz CT molecular complexity index is 666. The summed E-state index contributed by atoms with van der Waals surface area (Å²) in [5, 5.41) is 3.22. The van der Waals surface area contributed by atoms with E-state index in [4.69, 9.17) is 17.3 Å². The van der Waals surface area contributed by atoms with Crippen LogP contribution < -0.4 is 16.0 Å². The average molecular weight is 367 g/mol. The standard InChI is InChI=1S/C16H23ClN6O2/c1-22(11-5-7-23(9-11)13(24)4-6-17)12-8-19-14(15(18)25)16(21-12)20-10-2-3-10/h8,10-11H,2-7,9H2,1H3,(H2,18,25)(H,20,21)/t11-/m1/s1. The van der Waals surface area contributed by atoms with Crippen molar-refractivity contribution < 1.29 is 9.59 Å². The van der Waals surface area contributed by atoms with Gasteiger partial charge < -0.3 is 20.9 Å². The molecule has 0 unspecified atom stereocenters. The van der Waals surface area contributed by atoms with Crippen molar-refractivity contribution in [1.29, 1.82) is 0 Å². The van der Waals surface area contributed by atoms with Crippen LogP contribution in [0.1, 0.15) is 36.2 Å². The van der Waals surface area contributed by atoms with Gasteiger partial charge in [0.2, 0.25) is 5.91 Å². The van der Waals surface area contributed by atoms with E-state index in [0.29, 0.717) is 43.1 Å². The van der Waals surface area contributed by atoms with Crippen LogP contribution >= 0.6 is 11.6 Å². The van der Waals surface area contributed by atoms with E-state index in [1.54, 1.807) is 6.20 Å². The molecule has 2 heterocycles. The van der Waals surface area contributed by atoms with Gasteiger partial charge in [0.1, 0.15) is 5.82 Å². The maximum Gasteiger partial charge on any atom is 0.271 e. The summed E-state index contributed by atoms with van der Waals surface area (Å²) in [6, 6.07) is 0.491. The topological polar surface area (TPSA) is 104 Å². The van der Waals surface area contributed by atoms with Gasteiger partial charge in [-0.3, -0.25) is 9.59 Å². The Labute approximate surface area is 151 Å². The number of nitrogens with zero attached hydrogens (tertiary/aromatic N) is 4. The van der Waals surface area contributed by atoms with Gasteiger partial charge in [0.05, 0.1) is 6.20 Å². The van der Waals surface area contributed by atoms with E-state index >= 15 is 0 Å². The molecule has 0 bridgehead atoms. The van der Waals surface area contributed by atoms with Gasteiger partial charge in [0.15, 0.2) is 11.5 Å². The maximum absolute atomic E-state index is 12.0. The van der Waals surface area contributed by atoms with Crippen molar-refractivity contribution in [1.82, 2.24) is 14.9 Å². The molecule has 136 valence electrons. The number of hydrogen-bond donors (Lipinski definition) is 2. The summed E-state index contributed by atoms with van der Waals surface area (Å²) < 4.78 is 0. The SMILES string of the molecule is CN(c1cnc(C(N)=O)c(NC2CC2)n1)[C@@H]1CCN(C(=O)CCCl)C1. The first-order valence-corrected chi connectivity index (χ1v) is 9.03. The molecule has 1 aromatic rings. The number of aromatic nitrogens is 2. The third kappa shape index (κ3) is 4.12. The quantitative estimate of drug-likeness (QED) is 0.692. The highest BCUT2D eigenvalue weighted by atomic mass is 35.5. The second-order valence-corrected chi connectivity index (χ2v) is 6.92. The number of likely N-dealkylation sites (N-methyl/N-ethyl adjacent to an activating group) is 1. The van der Waals surface area contributed by atoms with Crippen molar-refractivity contribution in [2.75, 3.05) is 36.2 Å². The van der Waals surface area contributed by atoms with Gasteiger partial charge >= 0.3 is 0 Å². The van der Waals surface area contributed by atoms with Gasteiger partial charge in [-0.2, -0.15) is 0 Å². The minimum Gasteiger partial charge on any atom is -0.365 e. The van der Waals surface area contributed by atoms with Crippen LogP contribution in [0, 0.1) is 0 Å². The fourth-order valence-corrected chi connectivity index (χ4v) is 3.12. The number of alkyl halides is 1. The molecule has 2 amide bonds. The Hall–Kier alpha value is -2.09. The van der Waals surface area contributed by atoms with Crippen LogP contribution in [0.25, 0.3) is 0 Å². The lowest BCUT2D eigenvalue weighted by Crippen LogP contribution is -2.37. The summed E-state index contributed by atoms with van der Waals surface area (Å²) in [4.78, 5) is 36.1. The number of carbonyl (C=O) groups is 2. The van der Waals surface area contributed by atoms with Crippen LogP contribution in [-0.4, -0.2) is 64.8 Å². The lowest BCUT2D eigenvalue weighted by molar-refractivity contribution is -0.129. The van der Waals surface area contributed by atoms with Crippen molar-refractivity contribution in [3.05, 3.63) is 11.9 Å². The van der Waals surface area contributed by atoms with Crippen LogP contribution in [-0.2, 0) is 4.79 Å². The molecule has 1 aromatic heterocycles. The third-order valence-electron chi connectivity index (χ3n) is 4.64. The molecule has 1 saturated carbocycles. The number of amides is 2. The number of nitrogens with two attached hydrogens (primary N) is 1. The van der Waals surface area contributed by atoms with Gasteiger partial charge in [-0.1, -0.05) is 0 Å². The number of carbonyl (C=O) groups excluding carboxylic acids is 2. The van der Waals surface area contributed by atoms with E-state index in [1.165, 1.54) is 0 Å². The van der Waals surface area contributed by atoms with Crippen molar-refractivity contribution in [2.45, 2.75) is 37.8 Å². The fraction of sp³-hybridized carbons (Fsp3) is 0.625. The predicted octanol–water partition coefficient (Wildman–Crippen LogP) is 0.816. The van der Waals surface area contributed by atoms with Crippen molar-refractivity contribution >= 4 is 35.1 Å². The zero-order valence-corrected chi connectivity index (χ0v) is 15.0. The maximum atomic E-state index is 12.0. The summed E-state index contributed by atoms with van der Waals surface area (Å²) in [7, 11) is 1.93. The molecule has 1 aliphatic carbocycles. The number of primary amides is 1. The number of likely N-dealkylation sites (tertiary alicyclic amines) is 1. The first-order valence-electron chi connectivity index (χ1n) is 8.49. The number of nitrogens with one attached hydrogen (secondary N) is 1. The van der Waals surface area contributed by atoms with Crippen molar-refractivity contribution in [2.24, 2.45) is 5.73 Å². The molecular formula is C16H23ClN6O2. The lowest BCUT2D eigenvalue weighted by atomic mass is 10.2. The highest BCUT2D eigenvalue weighted by molar-refractivity contribution is 6.18. The van der Waals surface area contributed by atoms with Gasteiger partial charge in [-0.05, 0) is 19.3 Å². The molecule has 0 aromatic carbocycles. The van der Waals surface area contributed by atoms with E-state index in [2.05, 4.69) is 15.3 Å². The number of rotatable bonds is 7. The smallest absolute Gasteiger partial charge is 0.271 e. The molecule has 2 fully saturated rings. The zero-order valence-electron chi connectivity index (χ0n) is 14.2. The summed E-state index contributed by atoms with van der Waals surface area (Å²) in [5.74, 6) is 0.921. The van der Waals surface area contributed by atoms with Crippen LogP contribution in [0.15, 0.2) is 6.20 Å². The summed E-state index contributed by atoms with van der Waals surface area (Å²) in [6.45, 7) is 1.35. The van der Waals surface area contributed by atoms with Crippen LogP contribution in [0.2, 0.25) is 0 Å². The monoisotopic (exact) mass is 366 g/mol. The van der Waals surface area contributed by atoms with Crippen LogP contribution in [0.4, 0.5) is 11.6 Å². The van der Waals surface area contributed by atoms with Gasteiger partial charge in [-0.15, -0.1) is 11.6 Å². The molecule has 2 aliphatic rings. The Morgan fingerprint density at radius 3 is 2.84 bits per heavy atom. The van der Waals surface area contributed by atoms with Gasteiger partial charge in [0, 0.05) is 44.5 Å². The van der Waals surface area contributed by atoms with Crippen molar-refractivity contribution in [3.63, 3.8) is 0 Å². The summed E-state index contributed by atoms with van der Waals surface area (Å²) >= 11 is 5.65. The Kier molecular flexibility index (Phi) is 5.27. The van der Waals surface area contributed by atoms with Gasteiger partial charge in [-0.25, -0.2) is 9.97 Å². The minimum absolute atomic E-state index is 0.0807. The molecule has 0 radical (unpaired) electrons. The minimum atomic E-state index is -0.594. The molecule has 1 atom stereocenters. The van der Waals surface area contributed by atoms with Crippen LogP contribution in [0.3, 0.4) is 0 Å². The molecule has 9 heteroatoms. The molecular weight excluding hydrogens is 344 g/mol. The normalized spacial score (nSPS) is 19.8. The third-order valence-corrected chi connectivity index (χ3v) is 4.83. The number of anilines is 2. The zero-order chi connectivity index (χ0) is 18.0. The van der Waals surface area contributed by atoms with Crippen LogP contribution in [0.5, 0.6) is 0 Å². The summed E-state index contributed by atoms with van der Waals surface area (Å²) in [5.41, 5.74) is 5.55. The van der Waals surface area contributed by atoms with Crippen molar-refractivity contribution in [3.8, 4) is 0 Å². The fourth-order valence-electron chi connectivity index (χ4n) is 2.96. The van der Waals surface area contributed by atoms with E-state index in [9.17, 15) is 9.59 Å². The molecule has 0 spiro atoms. The summed E-state index contributed by atoms with van der Waals surface area (Å²) in [6.07, 6.45) is 4.89. The van der Waals surface area contributed by atoms with E-state index in [1.807, 2.05) is 16.8 Å². The second kappa shape index (κ2) is 7.43. The molecule has 25 heavy (non-hydrogen) atoms. The molecule has 8 nitrogen and oxygen atoms in total. The van der Waals surface area contributed by atoms with E-state index < -0.39 is 5.91 Å². The Morgan fingerprint density at radius 2 is 2.20 bits per heavy atom. The number of hydrogen-bond acceptors (Lipinski definition) is 6. The lowest BCUT2D eigenvalue weighted by Gasteiger charge is -2.26. The highest BCUT2D eigenvalue weighted by Gasteiger charge is 2.30. The highest BCUT2D eigenvalue weighted by Crippen LogP contribution is 2.27. The van der Waals surface area contributed by atoms with E-state index in [-0.39, 0.29) is 17.6 Å². The average Bonchev–Trinajstić information content (AvgIpc) is 3.26. The molecule has 3 rings (SSSR count). The predicted molar refractivity (Wildman–Crippen MR) is 95.9 cm³/mol.